The van der Waals surface area contributed by atoms with Crippen LogP contribution in [0.5, 0.6) is 11.6 Å². The summed E-state index contributed by atoms with van der Waals surface area (Å²) in [5, 5.41) is 11.9. The van der Waals surface area contributed by atoms with Crippen LogP contribution in [0.25, 0.3) is 11.7 Å². The number of hydrogen-bond acceptors (Lipinski definition) is 5. The number of nitrogens with one attached hydrogen (secondary N) is 1. The Hall–Kier alpha value is -4.25. The number of aromatic nitrogens is 2. The fourth-order valence-electron chi connectivity index (χ4n) is 2.66. The van der Waals surface area contributed by atoms with Gasteiger partial charge in [0.15, 0.2) is 0 Å². The third kappa shape index (κ3) is 4.25. The molecule has 150 valence electrons. The fraction of sp³-hybridized carbons (Fsp3) is 0.0909. The highest BCUT2D eigenvalue weighted by Gasteiger charge is 2.17. The Morgan fingerprint density at radius 1 is 1.37 bits per heavy atom. The summed E-state index contributed by atoms with van der Waals surface area (Å²) in [5.41, 5.74) is 0.162. The number of benzene rings is 1. The van der Waals surface area contributed by atoms with Crippen molar-refractivity contribution < 1.29 is 13.9 Å². The van der Waals surface area contributed by atoms with E-state index in [1.807, 2.05) is 0 Å². The number of halogens is 1. The summed E-state index contributed by atoms with van der Waals surface area (Å²) in [7, 11) is 0. The minimum Gasteiger partial charge on any atom is -0.438 e. The molecule has 0 saturated carbocycles. The number of rotatable bonds is 6. The van der Waals surface area contributed by atoms with Gasteiger partial charge in [-0.05, 0) is 48.9 Å². The summed E-state index contributed by atoms with van der Waals surface area (Å²) < 4.78 is 20.2. The minimum absolute atomic E-state index is 0.0901. The smallest absolute Gasteiger partial charge is 0.269 e. The lowest BCUT2D eigenvalue weighted by atomic mass is 10.1. The Kier molecular flexibility index (Phi) is 6.03. The SMILES string of the molecule is C=CCNC(=O)/C(C#N)=C\c1c(Oc2ccc(F)cc2)nc2c(C)cccn2c1=O. The molecule has 0 aliphatic carbocycles. The van der Waals surface area contributed by atoms with Crippen LogP contribution in [0, 0.1) is 24.1 Å². The normalized spacial score (nSPS) is 11.0. The van der Waals surface area contributed by atoms with Crippen LogP contribution in [0.1, 0.15) is 11.1 Å². The summed E-state index contributed by atoms with van der Waals surface area (Å²) in [5.74, 6) is -0.981. The van der Waals surface area contributed by atoms with E-state index in [0.717, 1.165) is 11.6 Å². The van der Waals surface area contributed by atoms with Gasteiger partial charge < -0.3 is 10.1 Å². The number of nitrogens with zero attached hydrogens (tertiary/aromatic N) is 3. The molecule has 30 heavy (non-hydrogen) atoms. The highest BCUT2D eigenvalue weighted by atomic mass is 19.1. The fourth-order valence-corrected chi connectivity index (χ4v) is 2.66. The van der Waals surface area contributed by atoms with Gasteiger partial charge in [-0.2, -0.15) is 10.2 Å². The number of hydrogen-bond donors (Lipinski definition) is 1. The molecule has 0 spiro atoms. The van der Waals surface area contributed by atoms with E-state index in [9.17, 15) is 19.2 Å². The van der Waals surface area contributed by atoms with Crippen molar-refractivity contribution in [3.8, 4) is 17.7 Å². The standard InChI is InChI=1S/C22H17FN4O3/c1-3-10-25-20(28)15(13-24)12-18-21(30-17-8-6-16(23)7-9-17)26-19-14(2)5-4-11-27(19)22(18)29/h3-9,11-12H,1,10H2,2H3,(H,25,28)/b15-12-. The van der Waals surface area contributed by atoms with Crippen LogP contribution in [0.2, 0.25) is 0 Å². The predicted molar refractivity (Wildman–Crippen MR) is 109 cm³/mol. The molecule has 1 amide bonds. The van der Waals surface area contributed by atoms with Crippen LogP contribution in [0.4, 0.5) is 4.39 Å². The topological polar surface area (TPSA) is 96.5 Å². The number of aryl methyl sites for hydroxylation is 1. The average Bonchev–Trinajstić information content (AvgIpc) is 2.74. The average molecular weight is 404 g/mol. The van der Waals surface area contributed by atoms with Crippen molar-refractivity contribution in [3.05, 3.63) is 88.1 Å². The second kappa shape index (κ2) is 8.84. The Morgan fingerprint density at radius 2 is 2.10 bits per heavy atom. The van der Waals surface area contributed by atoms with E-state index in [0.29, 0.717) is 5.65 Å². The molecule has 0 unspecified atom stereocenters. The monoisotopic (exact) mass is 404 g/mol. The molecule has 8 heteroatoms. The number of amides is 1. The number of carbonyl (C=O) groups is 1. The largest absolute Gasteiger partial charge is 0.438 e. The van der Waals surface area contributed by atoms with Gasteiger partial charge in [0.25, 0.3) is 11.5 Å². The van der Waals surface area contributed by atoms with Crippen molar-refractivity contribution in [3.63, 3.8) is 0 Å². The van der Waals surface area contributed by atoms with Crippen molar-refractivity contribution in [1.29, 1.82) is 5.26 Å². The van der Waals surface area contributed by atoms with E-state index in [1.165, 1.54) is 40.9 Å². The van der Waals surface area contributed by atoms with E-state index in [4.69, 9.17) is 4.74 Å². The zero-order valence-corrected chi connectivity index (χ0v) is 16.1. The molecule has 3 rings (SSSR count). The molecule has 0 atom stereocenters. The number of carbonyl (C=O) groups excluding carboxylic acids is 1. The van der Waals surface area contributed by atoms with Crippen LogP contribution >= 0.6 is 0 Å². The first-order chi connectivity index (χ1) is 14.4. The van der Waals surface area contributed by atoms with Gasteiger partial charge in [0.2, 0.25) is 5.88 Å². The molecule has 7 nitrogen and oxygen atoms in total. The lowest BCUT2D eigenvalue weighted by Crippen LogP contribution is -2.25. The molecule has 0 aliphatic heterocycles. The quantitative estimate of drug-likeness (QED) is 0.387. The van der Waals surface area contributed by atoms with E-state index in [2.05, 4.69) is 16.9 Å². The predicted octanol–water partition coefficient (Wildman–Crippen LogP) is 3.14. The molecule has 0 fully saturated rings. The summed E-state index contributed by atoms with van der Waals surface area (Å²) >= 11 is 0. The second-order valence-electron chi connectivity index (χ2n) is 6.25. The highest BCUT2D eigenvalue weighted by molar-refractivity contribution is 6.02. The molecule has 2 aromatic heterocycles. The third-order valence-electron chi connectivity index (χ3n) is 4.14. The van der Waals surface area contributed by atoms with E-state index >= 15 is 0 Å². The minimum atomic E-state index is -0.668. The molecule has 0 radical (unpaired) electrons. The first-order valence-corrected chi connectivity index (χ1v) is 8.91. The highest BCUT2D eigenvalue weighted by Crippen LogP contribution is 2.25. The van der Waals surface area contributed by atoms with Crippen molar-refractivity contribution >= 4 is 17.6 Å². The van der Waals surface area contributed by atoms with Crippen molar-refractivity contribution in [1.82, 2.24) is 14.7 Å². The Bertz CT molecular complexity index is 1250. The zero-order valence-electron chi connectivity index (χ0n) is 16.1. The summed E-state index contributed by atoms with van der Waals surface area (Å²) in [6.07, 6.45) is 4.12. The van der Waals surface area contributed by atoms with Crippen molar-refractivity contribution in [2.45, 2.75) is 6.92 Å². The van der Waals surface area contributed by atoms with Gasteiger partial charge in [-0.25, -0.2) is 4.39 Å². The van der Waals surface area contributed by atoms with Gasteiger partial charge in [0, 0.05) is 12.7 Å². The van der Waals surface area contributed by atoms with Gasteiger partial charge in [-0.1, -0.05) is 12.1 Å². The third-order valence-corrected chi connectivity index (χ3v) is 4.14. The summed E-state index contributed by atoms with van der Waals surface area (Å²) in [6.45, 7) is 5.44. The molecular weight excluding hydrogens is 387 g/mol. The number of nitriles is 1. The van der Waals surface area contributed by atoms with Gasteiger partial charge in [-0.3, -0.25) is 14.0 Å². The molecule has 3 aromatic rings. The van der Waals surface area contributed by atoms with Gasteiger partial charge >= 0.3 is 0 Å². The maximum Gasteiger partial charge on any atom is 0.269 e. The van der Waals surface area contributed by atoms with Crippen molar-refractivity contribution in [2.24, 2.45) is 0 Å². The van der Waals surface area contributed by atoms with Crippen LogP contribution in [-0.2, 0) is 4.79 Å². The maximum absolute atomic E-state index is 13.2. The molecule has 0 aliphatic rings. The number of ether oxygens (including phenoxy) is 1. The molecule has 0 bridgehead atoms. The Labute approximate surface area is 171 Å². The second-order valence-corrected chi connectivity index (χ2v) is 6.25. The van der Waals surface area contributed by atoms with E-state index in [1.54, 1.807) is 25.1 Å². The molecule has 1 aromatic carbocycles. The van der Waals surface area contributed by atoms with E-state index < -0.39 is 17.3 Å². The summed E-state index contributed by atoms with van der Waals surface area (Å²) in [4.78, 5) is 29.7. The molecule has 2 heterocycles. The Balaban J connectivity index is 2.21. The molecular formula is C22H17FN4O3. The lowest BCUT2D eigenvalue weighted by molar-refractivity contribution is -0.116. The lowest BCUT2D eigenvalue weighted by Gasteiger charge is -2.11. The number of pyridine rings is 1. The van der Waals surface area contributed by atoms with Crippen LogP contribution in [0.15, 0.2) is 65.6 Å². The maximum atomic E-state index is 13.2. The van der Waals surface area contributed by atoms with Gasteiger partial charge in [0.05, 0.1) is 0 Å². The molecule has 0 saturated heterocycles. The summed E-state index contributed by atoms with van der Waals surface area (Å²) in [6, 6.07) is 10.4. The van der Waals surface area contributed by atoms with Gasteiger partial charge in [0.1, 0.15) is 34.4 Å². The zero-order chi connectivity index (χ0) is 21.7. The van der Waals surface area contributed by atoms with Crippen LogP contribution < -0.4 is 15.6 Å². The Morgan fingerprint density at radius 3 is 2.77 bits per heavy atom. The van der Waals surface area contributed by atoms with Gasteiger partial charge in [-0.15, -0.1) is 6.58 Å². The van der Waals surface area contributed by atoms with E-state index in [-0.39, 0.29) is 29.3 Å². The first kappa shape index (κ1) is 20.5. The molecule has 1 N–H and O–H groups in total. The first-order valence-electron chi connectivity index (χ1n) is 8.91. The van der Waals surface area contributed by atoms with Crippen LogP contribution in [-0.4, -0.2) is 21.8 Å². The van der Waals surface area contributed by atoms with Crippen LogP contribution in [0.3, 0.4) is 0 Å². The van der Waals surface area contributed by atoms with Crippen molar-refractivity contribution in [2.75, 3.05) is 6.54 Å². The number of fused-ring (bicyclic) bond motifs is 1.